The largest absolute Gasteiger partial charge is 0.367 e. The predicted molar refractivity (Wildman–Crippen MR) is 92.6 cm³/mol. The van der Waals surface area contributed by atoms with Gasteiger partial charge in [0.1, 0.15) is 5.82 Å². The lowest BCUT2D eigenvalue weighted by atomic mass is 9.89. The fraction of sp³-hybridized carbons (Fsp3) is 0.667. The highest BCUT2D eigenvalue weighted by molar-refractivity contribution is 5.50. The summed E-state index contributed by atoms with van der Waals surface area (Å²) in [5.41, 5.74) is 8.20. The van der Waals surface area contributed by atoms with Crippen LogP contribution in [-0.4, -0.2) is 26.7 Å². The van der Waals surface area contributed by atoms with Crippen LogP contribution in [0.15, 0.2) is 18.3 Å². The van der Waals surface area contributed by atoms with Gasteiger partial charge in [0.25, 0.3) is 0 Å². The van der Waals surface area contributed by atoms with Crippen LogP contribution in [-0.2, 0) is 0 Å². The van der Waals surface area contributed by atoms with Gasteiger partial charge in [0.05, 0.1) is 6.20 Å². The molecule has 3 N–H and O–H groups in total. The Morgan fingerprint density at radius 2 is 2.09 bits per heavy atom. The van der Waals surface area contributed by atoms with Gasteiger partial charge >= 0.3 is 0 Å². The molecule has 2 fully saturated rings. The van der Waals surface area contributed by atoms with Crippen molar-refractivity contribution in [3.8, 4) is 0 Å². The molecule has 2 heterocycles. The van der Waals surface area contributed by atoms with E-state index < -0.39 is 0 Å². The Morgan fingerprint density at radius 1 is 1.26 bits per heavy atom. The molecular formula is C18H27N5. The van der Waals surface area contributed by atoms with E-state index in [1.54, 1.807) is 0 Å². The summed E-state index contributed by atoms with van der Waals surface area (Å²) < 4.78 is 1.93. The molecule has 0 bridgehead atoms. The van der Waals surface area contributed by atoms with Gasteiger partial charge in [-0.15, -0.1) is 0 Å². The Kier molecular flexibility index (Phi) is 3.97. The van der Waals surface area contributed by atoms with Crippen molar-refractivity contribution >= 4 is 11.5 Å². The molecule has 5 nitrogen and oxygen atoms in total. The van der Waals surface area contributed by atoms with E-state index in [1.165, 1.54) is 31.4 Å². The Hall–Kier alpha value is -1.62. The molecule has 2 aliphatic carbocycles. The number of aromatic nitrogens is 3. The van der Waals surface area contributed by atoms with Gasteiger partial charge in [-0.1, -0.05) is 19.8 Å². The Balaban J connectivity index is 1.63. The zero-order chi connectivity index (χ0) is 15.8. The van der Waals surface area contributed by atoms with Crippen LogP contribution in [0.25, 0.3) is 5.65 Å². The molecule has 124 valence electrons. The second-order valence-electron chi connectivity index (χ2n) is 7.42. The van der Waals surface area contributed by atoms with E-state index in [-0.39, 0.29) is 0 Å². The van der Waals surface area contributed by atoms with Crippen molar-refractivity contribution in [2.24, 2.45) is 11.7 Å². The predicted octanol–water partition coefficient (Wildman–Crippen LogP) is 3.31. The standard InChI is InChI=1S/C18H27N5/c1-12(13-4-2-3-5-13)16-11-18(21-15-7-6-14(19)10-15)23-17(22-16)8-9-20-23/h8-9,11-15,21H,2-7,10,19H2,1H3/t12?,14-,15-/m0/s1. The molecule has 0 amide bonds. The first-order chi connectivity index (χ1) is 11.2. The second kappa shape index (κ2) is 6.11. The monoisotopic (exact) mass is 313 g/mol. The molecule has 5 heteroatoms. The highest BCUT2D eigenvalue weighted by atomic mass is 15.3. The summed E-state index contributed by atoms with van der Waals surface area (Å²) in [5, 5.41) is 8.10. The van der Waals surface area contributed by atoms with E-state index in [0.717, 1.165) is 36.6 Å². The van der Waals surface area contributed by atoms with Crippen LogP contribution in [0, 0.1) is 5.92 Å². The third-order valence-electron chi connectivity index (χ3n) is 5.78. The third-order valence-corrected chi connectivity index (χ3v) is 5.78. The van der Waals surface area contributed by atoms with Crippen molar-refractivity contribution < 1.29 is 0 Å². The molecule has 2 aromatic heterocycles. The minimum absolute atomic E-state index is 0.333. The first kappa shape index (κ1) is 14.9. The minimum Gasteiger partial charge on any atom is -0.367 e. The smallest absolute Gasteiger partial charge is 0.157 e. The van der Waals surface area contributed by atoms with Crippen molar-refractivity contribution in [3.63, 3.8) is 0 Å². The van der Waals surface area contributed by atoms with E-state index in [9.17, 15) is 0 Å². The average molecular weight is 313 g/mol. The van der Waals surface area contributed by atoms with E-state index in [1.807, 2.05) is 16.8 Å². The lowest BCUT2D eigenvalue weighted by Crippen LogP contribution is -2.22. The minimum atomic E-state index is 0.333. The topological polar surface area (TPSA) is 68.2 Å². The molecular weight excluding hydrogens is 286 g/mol. The summed E-state index contributed by atoms with van der Waals surface area (Å²) in [4.78, 5) is 4.87. The van der Waals surface area contributed by atoms with Crippen LogP contribution in [0.5, 0.6) is 0 Å². The van der Waals surface area contributed by atoms with Crippen LogP contribution in [0.1, 0.15) is 63.5 Å². The van der Waals surface area contributed by atoms with Crippen LogP contribution in [0.3, 0.4) is 0 Å². The van der Waals surface area contributed by atoms with E-state index >= 15 is 0 Å². The molecule has 3 atom stereocenters. The van der Waals surface area contributed by atoms with Gasteiger partial charge in [-0.25, -0.2) is 4.98 Å². The number of anilines is 1. The van der Waals surface area contributed by atoms with Gasteiger partial charge < -0.3 is 11.1 Å². The molecule has 23 heavy (non-hydrogen) atoms. The number of hydrogen-bond acceptors (Lipinski definition) is 4. The molecule has 2 aliphatic rings. The summed E-state index contributed by atoms with van der Waals surface area (Å²) >= 11 is 0. The highest BCUT2D eigenvalue weighted by Crippen LogP contribution is 2.37. The molecule has 2 saturated carbocycles. The quantitative estimate of drug-likeness (QED) is 0.908. The van der Waals surface area contributed by atoms with Gasteiger partial charge in [0.15, 0.2) is 5.65 Å². The summed E-state index contributed by atoms with van der Waals surface area (Å²) in [6.45, 7) is 2.33. The molecule has 0 saturated heterocycles. The fourth-order valence-corrected chi connectivity index (χ4v) is 4.32. The van der Waals surface area contributed by atoms with E-state index in [0.29, 0.717) is 18.0 Å². The number of nitrogens with zero attached hydrogens (tertiary/aromatic N) is 3. The molecule has 0 spiro atoms. The van der Waals surface area contributed by atoms with Crippen molar-refractivity contribution in [1.82, 2.24) is 14.6 Å². The number of hydrogen-bond donors (Lipinski definition) is 2. The second-order valence-corrected chi connectivity index (χ2v) is 7.42. The number of nitrogens with two attached hydrogens (primary N) is 1. The van der Waals surface area contributed by atoms with Gasteiger partial charge in [-0.05, 0) is 38.0 Å². The highest BCUT2D eigenvalue weighted by Gasteiger charge is 2.26. The van der Waals surface area contributed by atoms with Crippen molar-refractivity contribution in [2.75, 3.05) is 5.32 Å². The fourth-order valence-electron chi connectivity index (χ4n) is 4.32. The Bertz CT molecular complexity index is 673. The first-order valence-corrected chi connectivity index (χ1v) is 9.07. The van der Waals surface area contributed by atoms with Crippen molar-refractivity contribution in [3.05, 3.63) is 24.0 Å². The van der Waals surface area contributed by atoms with Gasteiger partial charge in [-0.2, -0.15) is 9.61 Å². The summed E-state index contributed by atoms with van der Waals surface area (Å²) in [6.07, 6.45) is 10.5. The van der Waals surface area contributed by atoms with Gasteiger partial charge in [0, 0.05) is 35.8 Å². The normalized spacial score (nSPS) is 26.9. The van der Waals surface area contributed by atoms with E-state index in [4.69, 9.17) is 10.7 Å². The zero-order valence-corrected chi connectivity index (χ0v) is 13.9. The third kappa shape index (κ3) is 2.94. The average Bonchev–Trinajstić information content (AvgIpc) is 3.27. The molecule has 0 radical (unpaired) electrons. The van der Waals surface area contributed by atoms with Gasteiger partial charge in [-0.3, -0.25) is 0 Å². The van der Waals surface area contributed by atoms with Crippen molar-refractivity contribution in [1.29, 1.82) is 0 Å². The summed E-state index contributed by atoms with van der Waals surface area (Å²) in [7, 11) is 0. The summed E-state index contributed by atoms with van der Waals surface area (Å²) in [5.74, 6) is 2.36. The summed E-state index contributed by atoms with van der Waals surface area (Å²) in [6, 6.07) is 5.00. The number of fused-ring (bicyclic) bond motifs is 1. The SMILES string of the molecule is CC(c1cc(N[C@H]2CC[C@H](N)C2)n2nccc2n1)C1CCCC1. The van der Waals surface area contributed by atoms with Crippen LogP contribution in [0.2, 0.25) is 0 Å². The maximum atomic E-state index is 6.06. The van der Waals surface area contributed by atoms with Crippen LogP contribution < -0.4 is 11.1 Å². The lowest BCUT2D eigenvalue weighted by Gasteiger charge is -2.21. The van der Waals surface area contributed by atoms with Crippen LogP contribution >= 0.6 is 0 Å². The molecule has 0 aromatic carbocycles. The maximum Gasteiger partial charge on any atom is 0.157 e. The Morgan fingerprint density at radius 3 is 2.83 bits per heavy atom. The van der Waals surface area contributed by atoms with Crippen molar-refractivity contribution in [2.45, 2.75) is 69.9 Å². The molecule has 0 aliphatic heterocycles. The maximum absolute atomic E-state index is 6.06. The van der Waals surface area contributed by atoms with Crippen LogP contribution in [0.4, 0.5) is 5.82 Å². The Labute approximate surface area is 137 Å². The number of rotatable bonds is 4. The molecule has 1 unspecified atom stereocenters. The molecule has 4 rings (SSSR count). The number of nitrogens with one attached hydrogen (secondary N) is 1. The zero-order valence-electron chi connectivity index (χ0n) is 13.9. The first-order valence-electron chi connectivity index (χ1n) is 9.07. The molecule has 2 aromatic rings. The lowest BCUT2D eigenvalue weighted by molar-refractivity contribution is 0.453. The van der Waals surface area contributed by atoms with E-state index in [2.05, 4.69) is 23.4 Å². The van der Waals surface area contributed by atoms with Gasteiger partial charge in [0.2, 0.25) is 0 Å².